The summed E-state index contributed by atoms with van der Waals surface area (Å²) in [4.78, 5) is 0. The van der Waals surface area contributed by atoms with Crippen molar-refractivity contribution in [2.45, 2.75) is 58.8 Å². The third kappa shape index (κ3) is 4.87. The monoisotopic (exact) mass is 264 g/mol. The Hall–Kier alpha value is -1.02. The summed E-state index contributed by atoms with van der Waals surface area (Å²) in [6.45, 7) is 8.91. The lowest BCUT2D eigenvalue weighted by Crippen LogP contribution is -2.18. The summed E-state index contributed by atoms with van der Waals surface area (Å²) in [7, 11) is 0. The Morgan fingerprint density at radius 3 is 2.53 bits per heavy atom. The van der Waals surface area contributed by atoms with Crippen LogP contribution >= 0.6 is 0 Å². The zero-order valence-corrected chi connectivity index (χ0v) is 12.7. The molecule has 2 heteroatoms. The van der Waals surface area contributed by atoms with E-state index < -0.39 is 0 Å². The van der Waals surface area contributed by atoms with Crippen LogP contribution in [0.4, 0.5) is 0 Å². The van der Waals surface area contributed by atoms with Crippen LogP contribution in [0.15, 0.2) is 18.2 Å². The van der Waals surface area contributed by atoms with Crippen LogP contribution in [0.2, 0.25) is 0 Å². The molecule has 0 bridgehead atoms. The van der Waals surface area contributed by atoms with Crippen molar-refractivity contribution in [1.29, 1.82) is 0 Å². The molecule has 0 saturated heterocycles. The van der Waals surface area contributed by atoms with Gasteiger partial charge in [-0.25, -0.2) is 0 Å². The second-order valence-corrected chi connectivity index (χ2v) is 6.41. The van der Waals surface area contributed by atoms with Crippen molar-refractivity contribution in [2.24, 2.45) is 5.92 Å². The van der Waals surface area contributed by atoms with Gasteiger partial charge in [0.25, 0.3) is 0 Å². The quantitative estimate of drug-likeness (QED) is 0.776. The fourth-order valence-corrected chi connectivity index (χ4v) is 2.58. The van der Waals surface area contributed by atoms with E-state index in [0.717, 1.165) is 31.2 Å². The minimum absolute atomic E-state index is 0.00492. The van der Waals surface area contributed by atoms with E-state index in [1.165, 1.54) is 5.56 Å². The van der Waals surface area contributed by atoms with Gasteiger partial charge < -0.3 is 10.2 Å². The molecule has 19 heavy (non-hydrogen) atoms. The number of hydrogen-bond acceptors (Lipinski definition) is 2. The average molecular weight is 264 g/mol. The summed E-state index contributed by atoms with van der Waals surface area (Å²) in [5.74, 6) is 0.978. The third-order valence-electron chi connectivity index (χ3n) is 4.00. The highest BCUT2D eigenvalue weighted by Gasteiger charge is 2.23. The maximum atomic E-state index is 10.0. The first kappa shape index (κ1) is 16.0. The fraction of sp³-hybridized carbons (Fsp3) is 0.647. The minimum atomic E-state index is -0.00492. The second kappa shape index (κ2) is 6.95. The topological polar surface area (TPSA) is 40.5 Å². The van der Waals surface area contributed by atoms with Gasteiger partial charge in [0.1, 0.15) is 5.75 Å². The molecule has 0 aliphatic heterocycles. The van der Waals surface area contributed by atoms with Crippen LogP contribution in [0.5, 0.6) is 5.75 Å². The van der Waals surface area contributed by atoms with Crippen molar-refractivity contribution in [3.8, 4) is 5.75 Å². The molecule has 0 heterocycles. The first-order valence-electron chi connectivity index (χ1n) is 7.28. The van der Waals surface area contributed by atoms with Gasteiger partial charge in [-0.05, 0) is 42.7 Å². The van der Waals surface area contributed by atoms with E-state index in [1.54, 1.807) is 6.07 Å². The Kier molecular flexibility index (Phi) is 5.86. The molecule has 1 aromatic rings. The lowest BCUT2D eigenvalue weighted by molar-refractivity contribution is 0.254. The number of benzene rings is 1. The van der Waals surface area contributed by atoms with Gasteiger partial charge in [0.15, 0.2) is 0 Å². The van der Waals surface area contributed by atoms with E-state index >= 15 is 0 Å². The Balaban J connectivity index is 2.62. The van der Waals surface area contributed by atoms with Crippen LogP contribution in [0.1, 0.15) is 57.6 Å². The number of aliphatic hydroxyl groups is 1. The van der Waals surface area contributed by atoms with E-state index in [2.05, 4.69) is 33.8 Å². The molecular formula is C17H28O2. The highest BCUT2D eigenvalue weighted by Crippen LogP contribution is 2.36. The number of hydrogen-bond donors (Lipinski definition) is 2. The molecule has 108 valence electrons. The van der Waals surface area contributed by atoms with Crippen molar-refractivity contribution in [3.63, 3.8) is 0 Å². The number of aliphatic hydroxyl groups excluding tert-OH is 1. The first-order valence-corrected chi connectivity index (χ1v) is 7.28. The molecule has 0 aliphatic rings. The number of aryl methyl sites for hydroxylation is 1. The summed E-state index contributed by atoms with van der Waals surface area (Å²) >= 11 is 0. The molecule has 0 aromatic heterocycles. The standard InChI is InChI=1S/C17H28O2/c1-13(9-11-18)6-5-10-17(3,4)15-12-14(2)7-8-16(15)19/h7-8,12-13,18-19H,5-6,9-11H2,1-4H3. The van der Waals surface area contributed by atoms with Crippen molar-refractivity contribution < 1.29 is 10.2 Å². The van der Waals surface area contributed by atoms with Crippen molar-refractivity contribution in [1.82, 2.24) is 0 Å². The molecule has 2 N–H and O–H groups in total. The second-order valence-electron chi connectivity index (χ2n) is 6.41. The summed E-state index contributed by atoms with van der Waals surface area (Å²) in [5.41, 5.74) is 2.23. The van der Waals surface area contributed by atoms with Crippen LogP contribution in [0.25, 0.3) is 0 Å². The molecule has 2 nitrogen and oxygen atoms in total. The molecule has 1 atom stereocenters. The summed E-state index contributed by atoms with van der Waals surface area (Å²) in [5, 5.41) is 18.9. The fourth-order valence-electron chi connectivity index (χ4n) is 2.58. The van der Waals surface area contributed by atoms with Crippen molar-refractivity contribution >= 4 is 0 Å². The van der Waals surface area contributed by atoms with Gasteiger partial charge in [0, 0.05) is 6.61 Å². The molecule has 0 saturated carbocycles. The van der Waals surface area contributed by atoms with E-state index in [4.69, 9.17) is 5.11 Å². The number of phenolic OH excluding ortho intramolecular Hbond substituents is 1. The van der Waals surface area contributed by atoms with Crippen LogP contribution < -0.4 is 0 Å². The van der Waals surface area contributed by atoms with E-state index in [9.17, 15) is 5.11 Å². The lowest BCUT2D eigenvalue weighted by atomic mass is 9.78. The number of rotatable bonds is 7. The van der Waals surface area contributed by atoms with Gasteiger partial charge in [-0.1, -0.05) is 51.3 Å². The third-order valence-corrected chi connectivity index (χ3v) is 4.00. The van der Waals surface area contributed by atoms with E-state index in [-0.39, 0.29) is 12.0 Å². The SMILES string of the molecule is Cc1ccc(O)c(C(C)(C)CCCC(C)CCO)c1. The summed E-state index contributed by atoms with van der Waals surface area (Å²) in [6.07, 6.45) is 4.20. The average Bonchev–Trinajstić information content (AvgIpc) is 2.32. The maximum absolute atomic E-state index is 10.0. The molecular weight excluding hydrogens is 236 g/mol. The van der Waals surface area contributed by atoms with Gasteiger partial charge >= 0.3 is 0 Å². The summed E-state index contributed by atoms with van der Waals surface area (Å²) in [6, 6.07) is 5.82. The normalized spacial score (nSPS) is 13.5. The Labute approximate surface area is 117 Å². The largest absolute Gasteiger partial charge is 0.508 e. The number of phenols is 1. The predicted octanol–water partition coefficient (Wildman–Crippen LogP) is 4.17. The molecule has 0 spiro atoms. The van der Waals surface area contributed by atoms with Gasteiger partial charge in [-0.2, -0.15) is 0 Å². The molecule has 1 aromatic carbocycles. The predicted molar refractivity (Wildman–Crippen MR) is 80.6 cm³/mol. The Bertz CT molecular complexity index is 396. The van der Waals surface area contributed by atoms with Crippen molar-refractivity contribution in [2.75, 3.05) is 6.61 Å². The smallest absolute Gasteiger partial charge is 0.119 e. The maximum Gasteiger partial charge on any atom is 0.119 e. The Morgan fingerprint density at radius 2 is 1.89 bits per heavy atom. The molecule has 0 amide bonds. The van der Waals surface area contributed by atoms with Gasteiger partial charge in [-0.3, -0.25) is 0 Å². The lowest BCUT2D eigenvalue weighted by Gasteiger charge is -2.27. The van der Waals surface area contributed by atoms with Crippen LogP contribution in [-0.2, 0) is 5.41 Å². The molecule has 1 rings (SSSR count). The van der Waals surface area contributed by atoms with Gasteiger partial charge in [-0.15, -0.1) is 0 Å². The highest BCUT2D eigenvalue weighted by atomic mass is 16.3. The molecule has 1 unspecified atom stereocenters. The Morgan fingerprint density at radius 1 is 1.21 bits per heavy atom. The zero-order chi connectivity index (χ0) is 14.5. The first-order chi connectivity index (χ1) is 8.86. The van der Waals surface area contributed by atoms with E-state index in [0.29, 0.717) is 11.7 Å². The zero-order valence-electron chi connectivity index (χ0n) is 12.7. The molecule has 0 fully saturated rings. The van der Waals surface area contributed by atoms with Crippen LogP contribution in [0.3, 0.4) is 0 Å². The van der Waals surface area contributed by atoms with Gasteiger partial charge in [0.2, 0.25) is 0 Å². The molecule has 0 aliphatic carbocycles. The van der Waals surface area contributed by atoms with Crippen LogP contribution in [0, 0.1) is 12.8 Å². The molecule has 0 radical (unpaired) electrons. The van der Waals surface area contributed by atoms with Crippen LogP contribution in [-0.4, -0.2) is 16.8 Å². The number of aromatic hydroxyl groups is 1. The van der Waals surface area contributed by atoms with Gasteiger partial charge in [0.05, 0.1) is 0 Å². The minimum Gasteiger partial charge on any atom is -0.508 e. The highest BCUT2D eigenvalue weighted by molar-refractivity contribution is 5.40. The van der Waals surface area contributed by atoms with E-state index in [1.807, 2.05) is 6.07 Å². The van der Waals surface area contributed by atoms with Crippen molar-refractivity contribution in [3.05, 3.63) is 29.3 Å². The summed E-state index contributed by atoms with van der Waals surface area (Å²) < 4.78 is 0.